The minimum Gasteiger partial charge on any atom is -0.391 e. The zero-order valence-electron chi connectivity index (χ0n) is 6.76. The molecule has 11 heavy (non-hydrogen) atoms. The van der Waals surface area contributed by atoms with Gasteiger partial charge in [0, 0.05) is 14.0 Å². The Morgan fingerprint density at radius 2 is 2.09 bits per heavy atom. The maximum absolute atomic E-state index is 10.9. The number of carbonyl (C=O) groups is 1. The van der Waals surface area contributed by atoms with Gasteiger partial charge in [-0.25, -0.2) is 0 Å². The third-order valence-corrected chi connectivity index (χ3v) is 2.68. The highest BCUT2D eigenvalue weighted by Crippen LogP contribution is 2.41. The van der Waals surface area contributed by atoms with Crippen LogP contribution < -0.4 is 5.73 Å². The van der Waals surface area contributed by atoms with Gasteiger partial charge in [-0.15, -0.1) is 0 Å². The number of thiocarbonyl (C=S) groups is 1. The van der Waals surface area contributed by atoms with E-state index in [1.54, 1.807) is 11.9 Å². The first-order valence-electron chi connectivity index (χ1n) is 3.55. The zero-order chi connectivity index (χ0) is 8.65. The van der Waals surface area contributed by atoms with E-state index in [0.29, 0.717) is 4.99 Å². The van der Waals surface area contributed by atoms with Crippen molar-refractivity contribution < 1.29 is 4.79 Å². The fourth-order valence-electron chi connectivity index (χ4n) is 1.17. The van der Waals surface area contributed by atoms with Gasteiger partial charge < -0.3 is 10.6 Å². The molecule has 3 nitrogen and oxygen atoms in total. The molecule has 0 aromatic carbocycles. The average Bonchev–Trinajstić information content (AvgIpc) is 2.65. The number of rotatable bonds is 2. The van der Waals surface area contributed by atoms with Crippen molar-refractivity contribution >= 4 is 23.1 Å². The van der Waals surface area contributed by atoms with E-state index in [1.807, 2.05) is 0 Å². The smallest absolute Gasteiger partial charge is 0.219 e. The molecule has 0 radical (unpaired) electrons. The third kappa shape index (κ3) is 1.22. The van der Waals surface area contributed by atoms with Crippen molar-refractivity contribution in [3.05, 3.63) is 0 Å². The number of hydrogen-bond acceptors (Lipinski definition) is 2. The Hall–Kier alpha value is -0.640. The predicted octanol–water partition coefficient (Wildman–Crippen LogP) is 0.283. The third-order valence-electron chi connectivity index (χ3n) is 2.30. The van der Waals surface area contributed by atoms with Crippen LogP contribution in [0.3, 0.4) is 0 Å². The Morgan fingerprint density at radius 3 is 2.18 bits per heavy atom. The van der Waals surface area contributed by atoms with Crippen molar-refractivity contribution in [2.24, 2.45) is 5.73 Å². The van der Waals surface area contributed by atoms with Crippen LogP contribution in [0.25, 0.3) is 0 Å². The minimum absolute atomic E-state index is 0.0234. The molecule has 1 fully saturated rings. The number of amides is 1. The Labute approximate surface area is 71.5 Å². The van der Waals surface area contributed by atoms with E-state index in [2.05, 4.69) is 0 Å². The fourth-order valence-corrected chi connectivity index (χ4v) is 1.51. The van der Waals surface area contributed by atoms with Crippen LogP contribution in [0.2, 0.25) is 0 Å². The maximum Gasteiger partial charge on any atom is 0.219 e. The van der Waals surface area contributed by atoms with Crippen LogP contribution in [0.15, 0.2) is 0 Å². The van der Waals surface area contributed by atoms with Crippen molar-refractivity contribution in [2.45, 2.75) is 25.3 Å². The maximum atomic E-state index is 10.9. The number of likely N-dealkylation sites (N-methyl/N-ethyl adjacent to an activating group) is 1. The second-order valence-corrected chi connectivity index (χ2v) is 3.41. The highest BCUT2D eigenvalue weighted by molar-refractivity contribution is 7.80. The van der Waals surface area contributed by atoms with E-state index in [1.165, 1.54) is 6.92 Å². The van der Waals surface area contributed by atoms with Gasteiger partial charge in [-0.05, 0) is 12.8 Å². The topological polar surface area (TPSA) is 46.3 Å². The second-order valence-electron chi connectivity index (χ2n) is 2.97. The summed E-state index contributed by atoms with van der Waals surface area (Å²) in [4.78, 5) is 13.0. The molecule has 2 N–H and O–H groups in total. The van der Waals surface area contributed by atoms with Gasteiger partial charge in [0.1, 0.15) is 0 Å². The molecule has 1 amide bonds. The normalized spacial score (nSPS) is 19.1. The van der Waals surface area contributed by atoms with E-state index in [-0.39, 0.29) is 11.4 Å². The van der Waals surface area contributed by atoms with E-state index in [0.717, 1.165) is 12.8 Å². The van der Waals surface area contributed by atoms with Gasteiger partial charge >= 0.3 is 0 Å². The van der Waals surface area contributed by atoms with Crippen molar-refractivity contribution in [1.29, 1.82) is 0 Å². The highest BCUT2D eigenvalue weighted by atomic mass is 32.1. The molecular weight excluding hydrogens is 160 g/mol. The molecule has 1 saturated carbocycles. The number of hydrogen-bond donors (Lipinski definition) is 1. The summed E-state index contributed by atoms with van der Waals surface area (Å²) in [6.07, 6.45) is 1.83. The monoisotopic (exact) mass is 172 g/mol. The lowest BCUT2D eigenvalue weighted by Crippen LogP contribution is -2.46. The first kappa shape index (κ1) is 8.46. The summed E-state index contributed by atoms with van der Waals surface area (Å²) in [6.45, 7) is 1.53. The summed E-state index contributed by atoms with van der Waals surface area (Å²) in [6, 6.07) is 0. The molecule has 0 spiro atoms. The molecule has 1 aliphatic rings. The largest absolute Gasteiger partial charge is 0.391 e. The van der Waals surface area contributed by atoms with Gasteiger partial charge in [-0.3, -0.25) is 4.79 Å². The fraction of sp³-hybridized carbons (Fsp3) is 0.714. The summed E-state index contributed by atoms with van der Waals surface area (Å²) in [5.74, 6) is 0.0234. The highest BCUT2D eigenvalue weighted by Gasteiger charge is 2.50. The van der Waals surface area contributed by atoms with Gasteiger partial charge in [-0.2, -0.15) is 0 Å². The molecule has 1 aliphatic carbocycles. The van der Waals surface area contributed by atoms with Crippen LogP contribution in [-0.4, -0.2) is 28.4 Å². The number of nitrogens with two attached hydrogens (primary N) is 1. The van der Waals surface area contributed by atoms with E-state index in [4.69, 9.17) is 18.0 Å². The van der Waals surface area contributed by atoms with Crippen LogP contribution in [0.4, 0.5) is 0 Å². The predicted molar refractivity (Wildman–Crippen MR) is 47.2 cm³/mol. The number of carbonyl (C=O) groups excluding carboxylic acids is 1. The van der Waals surface area contributed by atoms with Crippen molar-refractivity contribution in [3.8, 4) is 0 Å². The first-order chi connectivity index (χ1) is 5.00. The summed E-state index contributed by atoms with van der Waals surface area (Å²) in [7, 11) is 1.74. The van der Waals surface area contributed by atoms with Crippen molar-refractivity contribution in [2.75, 3.05) is 7.05 Å². The van der Waals surface area contributed by atoms with Gasteiger partial charge in [0.2, 0.25) is 5.91 Å². The van der Waals surface area contributed by atoms with Gasteiger partial charge in [0.25, 0.3) is 0 Å². The lowest BCUT2D eigenvalue weighted by atomic mass is 10.2. The molecule has 0 atom stereocenters. The van der Waals surface area contributed by atoms with Gasteiger partial charge in [-0.1, -0.05) is 12.2 Å². The Kier molecular flexibility index (Phi) is 1.88. The van der Waals surface area contributed by atoms with Gasteiger partial charge in [0.05, 0.1) is 10.5 Å². The Bertz CT molecular complexity index is 210. The molecule has 0 saturated heterocycles. The van der Waals surface area contributed by atoms with E-state index in [9.17, 15) is 4.79 Å². The van der Waals surface area contributed by atoms with Crippen LogP contribution in [0, 0.1) is 0 Å². The standard InChI is InChI=1S/C7H12N2OS/c1-5(10)9(2)7(3-4-7)6(8)11/h3-4H2,1-2H3,(H2,8,11). The second kappa shape index (κ2) is 2.44. The lowest BCUT2D eigenvalue weighted by molar-refractivity contribution is -0.128. The summed E-state index contributed by atoms with van der Waals surface area (Å²) < 4.78 is 0. The first-order valence-corrected chi connectivity index (χ1v) is 3.96. The van der Waals surface area contributed by atoms with Crippen molar-refractivity contribution in [3.63, 3.8) is 0 Å². The lowest BCUT2D eigenvalue weighted by Gasteiger charge is -2.25. The molecule has 62 valence electrons. The zero-order valence-corrected chi connectivity index (χ0v) is 7.57. The average molecular weight is 172 g/mol. The summed E-state index contributed by atoms with van der Waals surface area (Å²) >= 11 is 4.87. The number of nitrogens with zero attached hydrogens (tertiary/aromatic N) is 1. The van der Waals surface area contributed by atoms with Crippen LogP contribution in [0.5, 0.6) is 0 Å². The molecule has 0 aromatic rings. The molecular formula is C7H12N2OS. The van der Waals surface area contributed by atoms with Crippen LogP contribution >= 0.6 is 12.2 Å². The summed E-state index contributed by atoms with van der Waals surface area (Å²) in [5.41, 5.74) is 5.23. The molecule has 0 bridgehead atoms. The minimum atomic E-state index is -0.277. The molecule has 0 aliphatic heterocycles. The Morgan fingerprint density at radius 1 is 1.64 bits per heavy atom. The van der Waals surface area contributed by atoms with E-state index < -0.39 is 0 Å². The molecule has 0 unspecified atom stereocenters. The SMILES string of the molecule is CC(=O)N(C)C1(C(N)=S)CC1. The van der Waals surface area contributed by atoms with Gasteiger partial charge in [0.15, 0.2) is 0 Å². The molecule has 0 aromatic heterocycles. The quantitative estimate of drug-likeness (QED) is 0.609. The molecule has 0 heterocycles. The summed E-state index contributed by atoms with van der Waals surface area (Å²) in [5, 5.41) is 0. The molecule has 1 rings (SSSR count). The molecule has 4 heteroatoms. The van der Waals surface area contributed by atoms with Crippen LogP contribution in [-0.2, 0) is 4.79 Å². The van der Waals surface area contributed by atoms with Crippen molar-refractivity contribution in [1.82, 2.24) is 4.90 Å². The van der Waals surface area contributed by atoms with E-state index >= 15 is 0 Å². The Balaban J connectivity index is 2.73. The van der Waals surface area contributed by atoms with Crippen LogP contribution in [0.1, 0.15) is 19.8 Å².